The van der Waals surface area contributed by atoms with E-state index in [-0.39, 0.29) is 17.0 Å². The molecule has 0 aromatic heterocycles. The van der Waals surface area contributed by atoms with Crippen molar-refractivity contribution in [3.05, 3.63) is 100 Å². The standard InChI is InChI=1S/C20H14N2O3S/c23-19-17-11-4-5-12-18(17)26-20(21(19)15-8-2-1-3-9-15)14-7-6-10-16(13-14)22(24)25/h1-13,20H. The molecule has 26 heavy (non-hydrogen) atoms. The molecule has 0 fully saturated rings. The zero-order valence-electron chi connectivity index (χ0n) is 13.6. The number of carbonyl (C=O) groups excluding carboxylic acids is 1. The van der Waals surface area contributed by atoms with Crippen molar-refractivity contribution in [2.75, 3.05) is 4.90 Å². The molecule has 1 atom stereocenters. The number of non-ortho nitro benzene ring substituents is 1. The number of thioether (sulfide) groups is 1. The second-order valence-corrected chi connectivity index (χ2v) is 6.95. The molecule has 0 saturated heterocycles. The number of carbonyl (C=O) groups is 1. The van der Waals surface area contributed by atoms with Gasteiger partial charge in [0.2, 0.25) is 0 Å². The van der Waals surface area contributed by atoms with E-state index in [1.54, 1.807) is 11.0 Å². The molecule has 1 aliphatic rings. The number of amides is 1. The van der Waals surface area contributed by atoms with Crippen molar-refractivity contribution < 1.29 is 9.72 Å². The first-order valence-electron chi connectivity index (χ1n) is 8.04. The van der Waals surface area contributed by atoms with Gasteiger partial charge in [0.1, 0.15) is 5.37 Å². The molecule has 0 aliphatic carbocycles. The molecule has 1 unspecified atom stereocenters. The van der Waals surface area contributed by atoms with Crippen LogP contribution in [0.5, 0.6) is 0 Å². The summed E-state index contributed by atoms with van der Waals surface area (Å²) < 4.78 is 0. The fourth-order valence-corrected chi connectivity index (χ4v) is 4.29. The number of hydrogen-bond donors (Lipinski definition) is 0. The van der Waals surface area contributed by atoms with Crippen molar-refractivity contribution in [2.45, 2.75) is 10.3 Å². The first-order chi connectivity index (χ1) is 12.6. The maximum Gasteiger partial charge on any atom is 0.269 e. The Morgan fingerprint density at radius 2 is 1.65 bits per heavy atom. The van der Waals surface area contributed by atoms with E-state index in [0.29, 0.717) is 5.56 Å². The van der Waals surface area contributed by atoms with Crippen molar-refractivity contribution in [2.24, 2.45) is 0 Å². The van der Waals surface area contributed by atoms with Crippen LogP contribution in [0.4, 0.5) is 11.4 Å². The molecule has 0 N–H and O–H groups in total. The third-order valence-electron chi connectivity index (χ3n) is 4.21. The Kier molecular flexibility index (Phi) is 4.18. The van der Waals surface area contributed by atoms with Crippen molar-refractivity contribution >= 4 is 29.0 Å². The van der Waals surface area contributed by atoms with Crippen LogP contribution in [0.15, 0.2) is 83.8 Å². The smallest absolute Gasteiger partial charge is 0.269 e. The Morgan fingerprint density at radius 1 is 0.923 bits per heavy atom. The van der Waals surface area contributed by atoms with Gasteiger partial charge < -0.3 is 0 Å². The maximum absolute atomic E-state index is 13.2. The molecular weight excluding hydrogens is 348 g/mol. The largest absolute Gasteiger partial charge is 0.291 e. The quantitative estimate of drug-likeness (QED) is 0.483. The average molecular weight is 362 g/mol. The van der Waals surface area contributed by atoms with Crippen molar-refractivity contribution in [1.82, 2.24) is 0 Å². The lowest BCUT2D eigenvalue weighted by Gasteiger charge is -2.36. The molecule has 0 saturated carbocycles. The van der Waals surface area contributed by atoms with E-state index in [1.165, 1.54) is 23.9 Å². The van der Waals surface area contributed by atoms with Gasteiger partial charge in [-0.1, -0.05) is 54.2 Å². The summed E-state index contributed by atoms with van der Waals surface area (Å²) in [5.74, 6) is -0.109. The fraction of sp³-hybridized carbons (Fsp3) is 0.0500. The normalized spacial score (nSPS) is 16.2. The summed E-state index contributed by atoms with van der Waals surface area (Å²) >= 11 is 1.52. The second kappa shape index (κ2) is 6.65. The molecule has 1 amide bonds. The summed E-state index contributed by atoms with van der Waals surface area (Å²) in [4.78, 5) is 26.5. The molecular formula is C20H14N2O3S. The minimum atomic E-state index is -0.417. The molecule has 3 aromatic rings. The summed E-state index contributed by atoms with van der Waals surface area (Å²) in [7, 11) is 0. The second-order valence-electron chi connectivity index (χ2n) is 5.83. The number of fused-ring (bicyclic) bond motifs is 1. The molecule has 4 rings (SSSR count). The van der Waals surface area contributed by atoms with Gasteiger partial charge in [0, 0.05) is 22.7 Å². The Bertz CT molecular complexity index is 991. The van der Waals surface area contributed by atoms with Crippen LogP contribution in [-0.4, -0.2) is 10.8 Å². The topological polar surface area (TPSA) is 63.4 Å². The molecule has 1 aliphatic heterocycles. The van der Waals surface area contributed by atoms with Gasteiger partial charge in [-0.3, -0.25) is 19.8 Å². The molecule has 3 aromatic carbocycles. The molecule has 0 spiro atoms. The Hall–Kier alpha value is -3.12. The summed E-state index contributed by atoms with van der Waals surface area (Å²) in [5.41, 5.74) is 2.14. The van der Waals surface area contributed by atoms with Gasteiger partial charge >= 0.3 is 0 Å². The number of para-hydroxylation sites is 1. The lowest BCUT2D eigenvalue weighted by molar-refractivity contribution is -0.384. The zero-order valence-corrected chi connectivity index (χ0v) is 14.4. The van der Waals surface area contributed by atoms with Crippen LogP contribution in [-0.2, 0) is 0 Å². The van der Waals surface area contributed by atoms with Crippen LogP contribution >= 0.6 is 11.8 Å². The van der Waals surface area contributed by atoms with E-state index in [2.05, 4.69) is 0 Å². The summed E-state index contributed by atoms with van der Waals surface area (Å²) in [6, 6.07) is 23.3. The monoisotopic (exact) mass is 362 g/mol. The number of nitrogens with zero attached hydrogens (tertiary/aromatic N) is 2. The number of rotatable bonds is 3. The van der Waals surface area contributed by atoms with Crippen LogP contribution < -0.4 is 4.90 Å². The number of hydrogen-bond acceptors (Lipinski definition) is 4. The Morgan fingerprint density at radius 3 is 2.42 bits per heavy atom. The number of nitro groups is 1. The van der Waals surface area contributed by atoms with Gasteiger partial charge in [-0.15, -0.1) is 0 Å². The first kappa shape index (κ1) is 16.4. The summed E-state index contributed by atoms with van der Waals surface area (Å²) in [6.07, 6.45) is 0. The van der Waals surface area contributed by atoms with Crippen LogP contribution in [0, 0.1) is 10.1 Å². The highest BCUT2D eigenvalue weighted by molar-refractivity contribution is 7.99. The molecule has 0 bridgehead atoms. The number of anilines is 1. The van der Waals surface area contributed by atoms with E-state index >= 15 is 0 Å². The van der Waals surface area contributed by atoms with Gasteiger partial charge in [-0.2, -0.15) is 0 Å². The van der Waals surface area contributed by atoms with E-state index < -0.39 is 4.92 Å². The van der Waals surface area contributed by atoms with Crippen LogP contribution in [0.2, 0.25) is 0 Å². The van der Waals surface area contributed by atoms with E-state index in [1.807, 2.05) is 60.7 Å². The van der Waals surface area contributed by atoms with E-state index in [9.17, 15) is 14.9 Å². The molecule has 0 radical (unpaired) electrons. The highest BCUT2D eigenvalue weighted by atomic mass is 32.2. The van der Waals surface area contributed by atoms with Gasteiger partial charge in [-0.05, 0) is 29.8 Å². The SMILES string of the molecule is O=C1c2ccccc2SC(c2cccc([N+](=O)[O-])c2)N1c1ccccc1. The number of nitro benzene ring substituents is 1. The van der Waals surface area contributed by atoms with Gasteiger partial charge in [0.25, 0.3) is 11.6 Å². The summed E-state index contributed by atoms with van der Waals surface area (Å²) in [5, 5.41) is 10.8. The predicted octanol–water partition coefficient (Wildman–Crippen LogP) is 5.05. The van der Waals surface area contributed by atoms with E-state index in [4.69, 9.17) is 0 Å². The van der Waals surface area contributed by atoms with Crippen molar-refractivity contribution in [3.8, 4) is 0 Å². The van der Waals surface area contributed by atoms with E-state index in [0.717, 1.165) is 16.1 Å². The van der Waals surface area contributed by atoms with Crippen molar-refractivity contribution in [3.63, 3.8) is 0 Å². The zero-order chi connectivity index (χ0) is 18.1. The van der Waals surface area contributed by atoms with Crippen LogP contribution in [0.25, 0.3) is 0 Å². The first-order valence-corrected chi connectivity index (χ1v) is 8.92. The molecule has 1 heterocycles. The average Bonchev–Trinajstić information content (AvgIpc) is 2.68. The Balaban J connectivity index is 1.86. The highest BCUT2D eigenvalue weighted by Gasteiger charge is 2.35. The minimum Gasteiger partial charge on any atom is -0.291 e. The third-order valence-corrected chi connectivity index (χ3v) is 5.53. The maximum atomic E-state index is 13.2. The fourth-order valence-electron chi connectivity index (χ4n) is 3.01. The predicted molar refractivity (Wildman–Crippen MR) is 101 cm³/mol. The van der Waals surface area contributed by atoms with Crippen molar-refractivity contribution in [1.29, 1.82) is 0 Å². The molecule has 128 valence electrons. The van der Waals surface area contributed by atoms with Gasteiger partial charge in [0.15, 0.2) is 0 Å². The lowest BCUT2D eigenvalue weighted by atomic mass is 10.1. The number of benzene rings is 3. The van der Waals surface area contributed by atoms with Crippen LogP contribution in [0.3, 0.4) is 0 Å². The third kappa shape index (κ3) is 2.84. The molecule has 5 nitrogen and oxygen atoms in total. The minimum absolute atomic E-state index is 0.0161. The Labute approximate surface area is 154 Å². The summed E-state index contributed by atoms with van der Waals surface area (Å²) in [6.45, 7) is 0. The molecule has 6 heteroatoms. The highest BCUT2D eigenvalue weighted by Crippen LogP contribution is 2.46. The van der Waals surface area contributed by atoms with Crippen LogP contribution in [0.1, 0.15) is 21.3 Å². The van der Waals surface area contributed by atoms with Gasteiger partial charge in [-0.25, -0.2) is 0 Å². The van der Waals surface area contributed by atoms with Gasteiger partial charge in [0.05, 0.1) is 10.5 Å². The lowest BCUT2D eigenvalue weighted by Crippen LogP contribution is -2.36.